The topological polar surface area (TPSA) is 105 Å². The summed E-state index contributed by atoms with van der Waals surface area (Å²) in [5.74, 6) is -0.546. The molecule has 1 aliphatic rings. The highest BCUT2D eigenvalue weighted by Crippen LogP contribution is 2.44. The van der Waals surface area contributed by atoms with Gasteiger partial charge in [0, 0.05) is 12.5 Å². The van der Waals surface area contributed by atoms with Crippen LogP contribution in [0.1, 0.15) is 66.3 Å². The molecule has 2 atom stereocenters. The molecule has 0 fully saturated rings. The first-order valence-electron chi connectivity index (χ1n) is 12.4. The zero-order valence-electron chi connectivity index (χ0n) is 21.3. The van der Waals surface area contributed by atoms with Gasteiger partial charge in [0.15, 0.2) is 0 Å². The minimum absolute atomic E-state index is 0.0391. The molecule has 7 heteroatoms. The van der Waals surface area contributed by atoms with Crippen molar-refractivity contribution < 1.29 is 29.3 Å². The summed E-state index contributed by atoms with van der Waals surface area (Å²) in [5, 5.41) is 23.7. The van der Waals surface area contributed by atoms with E-state index in [1.807, 2.05) is 24.3 Å². The van der Waals surface area contributed by atoms with Crippen molar-refractivity contribution in [3.8, 4) is 11.1 Å². The van der Waals surface area contributed by atoms with Gasteiger partial charge in [0.1, 0.15) is 18.3 Å². The molecule has 2 unspecified atom stereocenters. The van der Waals surface area contributed by atoms with Crippen LogP contribution in [0.25, 0.3) is 11.1 Å². The van der Waals surface area contributed by atoms with Gasteiger partial charge in [0.25, 0.3) is 0 Å². The van der Waals surface area contributed by atoms with E-state index in [4.69, 9.17) is 9.47 Å². The van der Waals surface area contributed by atoms with Crippen LogP contribution in [-0.4, -0.2) is 47.1 Å². The molecule has 1 amide bonds. The molecule has 0 bridgehead atoms. The maximum atomic E-state index is 12.3. The van der Waals surface area contributed by atoms with Gasteiger partial charge in [-0.15, -0.1) is 0 Å². The van der Waals surface area contributed by atoms with Gasteiger partial charge in [0.2, 0.25) is 0 Å². The first-order valence-corrected chi connectivity index (χ1v) is 12.4. The lowest BCUT2D eigenvalue weighted by Gasteiger charge is -2.21. The molecule has 37 heavy (non-hydrogen) atoms. The van der Waals surface area contributed by atoms with E-state index in [2.05, 4.69) is 29.6 Å². The number of ether oxygens (including phenoxy) is 2. The number of nitrogens with one attached hydrogen (secondary N) is 1. The van der Waals surface area contributed by atoms with Crippen LogP contribution in [0.15, 0.2) is 72.8 Å². The Hall–Kier alpha value is -3.68. The van der Waals surface area contributed by atoms with Crippen molar-refractivity contribution in [2.45, 2.75) is 50.9 Å². The Labute approximate surface area is 217 Å². The lowest BCUT2D eigenvalue weighted by Crippen LogP contribution is -2.30. The number of hydrogen-bond donors (Lipinski definition) is 3. The third-order valence-corrected chi connectivity index (χ3v) is 6.28. The van der Waals surface area contributed by atoms with Crippen molar-refractivity contribution >= 4 is 12.1 Å². The molecule has 4 rings (SSSR count). The fraction of sp³-hybridized carbons (Fsp3) is 0.333. The molecule has 0 saturated heterocycles. The van der Waals surface area contributed by atoms with Gasteiger partial charge in [-0.25, -0.2) is 9.59 Å². The van der Waals surface area contributed by atoms with Crippen LogP contribution < -0.4 is 5.32 Å². The van der Waals surface area contributed by atoms with E-state index >= 15 is 0 Å². The molecule has 3 N–H and O–H groups in total. The number of amides is 1. The maximum Gasteiger partial charge on any atom is 0.407 e. The van der Waals surface area contributed by atoms with Gasteiger partial charge in [0.05, 0.1) is 11.7 Å². The molecule has 0 heterocycles. The summed E-state index contributed by atoms with van der Waals surface area (Å²) in [6.07, 6.45) is -2.87. The number of hydrogen-bond acceptors (Lipinski definition) is 6. The van der Waals surface area contributed by atoms with E-state index < -0.39 is 29.9 Å². The summed E-state index contributed by atoms with van der Waals surface area (Å²) in [6.45, 7) is 5.63. The smallest absolute Gasteiger partial charge is 0.407 e. The first-order chi connectivity index (χ1) is 17.6. The predicted molar refractivity (Wildman–Crippen MR) is 140 cm³/mol. The van der Waals surface area contributed by atoms with Gasteiger partial charge in [-0.05, 0) is 67.1 Å². The van der Waals surface area contributed by atoms with E-state index in [9.17, 15) is 19.8 Å². The molecule has 0 spiro atoms. The monoisotopic (exact) mass is 503 g/mol. The Kier molecular flexibility index (Phi) is 7.95. The number of carbonyl (C=O) groups is 2. The second kappa shape index (κ2) is 11.2. The molecule has 3 aromatic carbocycles. The number of benzene rings is 3. The lowest BCUT2D eigenvalue weighted by atomic mass is 9.98. The molecule has 194 valence electrons. The molecule has 0 saturated carbocycles. The van der Waals surface area contributed by atoms with Gasteiger partial charge in [-0.1, -0.05) is 60.7 Å². The van der Waals surface area contributed by atoms with Crippen molar-refractivity contribution in [3.63, 3.8) is 0 Å². The minimum Gasteiger partial charge on any atom is -0.456 e. The molecule has 0 aliphatic heterocycles. The Balaban J connectivity index is 1.27. The highest BCUT2D eigenvalue weighted by atomic mass is 16.6. The number of fused-ring (bicyclic) bond motifs is 3. The van der Waals surface area contributed by atoms with E-state index in [0.717, 1.165) is 22.3 Å². The molecule has 3 aromatic rings. The normalized spacial score (nSPS) is 14.3. The van der Waals surface area contributed by atoms with Crippen molar-refractivity contribution in [2.24, 2.45) is 0 Å². The molecular weight excluding hydrogens is 470 g/mol. The largest absolute Gasteiger partial charge is 0.456 e. The Bertz CT molecular complexity index is 1220. The van der Waals surface area contributed by atoms with Crippen molar-refractivity contribution in [2.75, 3.05) is 13.2 Å². The predicted octanol–water partition coefficient (Wildman–Crippen LogP) is 4.97. The zero-order valence-corrected chi connectivity index (χ0v) is 21.3. The second-order valence-electron chi connectivity index (χ2n) is 10.2. The van der Waals surface area contributed by atoms with Gasteiger partial charge in [-0.3, -0.25) is 0 Å². The number of esters is 1. The minimum atomic E-state index is -1.23. The average Bonchev–Trinajstić information content (AvgIpc) is 3.19. The third-order valence-electron chi connectivity index (χ3n) is 6.28. The lowest BCUT2D eigenvalue weighted by molar-refractivity contribution is 0.00627. The van der Waals surface area contributed by atoms with Crippen molar-refractivity contribution in [3.05, 3.63) is 95.1 Å². The van der Waals surface area contributed by atoms with Crippen LogP contribution in [0.4, 0.5) is 4.79 Å². The van der Waals surface area contributed by atoms with Crippen molar-refractivity contribution in [1.82, 2.24) is 5.32 Å². The number of rotatable bonds is 8. The number of alkyl carbamates (subject to hydrolysis) is 1. The molecular formula is C30H33NO6. The SMILES string of the molecule is CC(C)(C)OC(=O)c1cccc(C(O)C(O)CCNC(=O)OCC2c3ccccc3-c3ccccc32)c1. The Morgan fingerprint density at radius 2 is 1.54 bits per heavy atom. The number of carbonyl (C=O) groups excluding carboxylic acids is 2. The van der Waals surface area contributed by atoms with E-state index in [1.54, 1.807) is 39.0 Å². The third kappa shape index (κ3) is 6.37. The average molecular weight is 504 g/mol. The summed E-state index contributed by atoms with van der Waals surface area (Å²) in [5.41, 5.74) is 4.59. The van der Waals surface area contributed by atoms with Gasteiger partial charge >= 0.3 is 12.1 Å². The fourth-order valence-electron chi connectivity index (χ4n) is 4.54. The number of aliphatic hydroxyl groups is 2. The Morgan fingerprint density at radius 1 is 0.919 bits per heavy atom. The summed E-state index contributed by atoms with van der Waals surface area (Å²) in [7, 11) is 0. The van der Waals surface area contributed by atoms with Gasteiger partial charge in [-0.2, -0.15) is 0 Å². The summed E-state index contributed by atoms with van der Waals surface area (Å²) in [4.78, 5) is 24.7. The van der Waals surface area contributed by atoms with E-state index in [1.165, 1.54) is 6.07 Å². The van der Waals surface area contributed by atoms with E-state index in [0.29, 0.717) is 5.56 Å². The second-order valence-corrected chi connectivity index (χ2v) is 10.2. The fourth-order valence-corrected chi connectivity index (χ4v) is 4.54. The number of aliphatic hydroxyl groups excluding tert-OH is 2. The zero-order chi connectivity index (χ0) is 26.6. The van der Waals surface area contributed by atoms with Crippen LogP contribution in [-0.2, 0) is 9.47 Å². The molecule has 7 nitrogen and oxygen atoms in total. The van der Waals surface area contributed by atoms with Gasteiger partial charge < -0.3 is 25.0 Å². The molecule has 1 aliphatic carbocycles. The highest BCUT2D eigenvalue weighted by Gasteiger charge is 2.29. The van der Waals surface area contributed by atoms with Crippen LogP contribution in [0.5, 0.6) is 0 Å². The first kappa shape index (κ1) is 26.4. The van der Waals surface area contributed by atoms with Crippen LogP contribution in [0, 0.1) is 0 Å². The standard InChI is InChI=1S/C30H33NO6/c1-30(2,3)37-28(34)20-10-8-9-19(17-20)27(33)26(32)15-16-31-29(35)36-18-25-23-13-6-4-11-21(23)22-12-5-7-14-24(22)25/h4-14,17,25-27,32-33H,15-16,18H2,1-3H3,(H,31,35). The van der Waals surface area contributed by atoms with Crippen LogP contribution in [0.2, 0.25) is 0 Å². The summed E-state index contributed by atoms with van der Waals surface area (Å²) < 4.78 is 10.9. The molecule has 0 aromatic heterocycles. The highest BCUT2D eigenvalue weighted by molar-refractivity contribution is 5.89. The maximum absolute atomic E-state index is 12.3. The summed E-state index contributed by atoms with van der Waals surface area (Å²) in [6, 6.07) is 22.6. The van der Waals surface area contributed by atoms with Crippen molar-refractivity contribution in [1.29, 1.82) is 0 Å². The quantitative estimate of drug-likeness (QED) is 0.375. The van der Waals surface area contributed by atoms with E-state index in [-0.39, 0.29) is 31.1 Å². The Morgan fingerprint density at radius 3 is 2.16 bits per heavy atom. The summed E-state index contributed by atoms with van der Waals surface area (Å²) >= 11 is 0. The van der Waals surface area contributed by atoms with Crippen LogP contribution >= 0.6 is 0 Å². The molecule has 0 radical (unpaired) electrons. The van der Waals surface area contributed by atoms with Crippen LogP contribution in [0.3, 0.4) is 0 Å².